The fourth-order valence-electron chi connectivity index (χ4n) is 1.24. The summed E-state index contributed by atoms with van der Waals surface area (Å²) in [4.78, 5) is 10.6. The van der Waals surface area contributed by atoms with Crippen LogP contribution in [0.15, 0.2) is 18.2 Å². The summed E-state index contributed by atoms with van der Waals surface area (Å²) in [5.74, 6) is -0.471. The Hall–Kier alpha value is -1.84. The van der Waals surface area contributed by atoms with Gasteiger partial charge in [0.1, 0.15) is 5.82 Å². The molecule has 0 saturated carbocycles. The van der Waals surface area contributed by atoms with Crippen LogP contribution in [0.2, 0.25) is 0 Å². The van der Waals surface area contributed by atoms with Crippen molar-refractivity contribution in [1.29, 1.82) is 0 Å². The highest BCUT2D eigenvalue weighted by Gasteiger charge is 2.02. The molecule has 16 heavy (non-hydrogen) atoms. The zero-order chi connectivity index (χ0) is 12.1. The monoisotopic (exact) mass is 222 g/mol. The van der Waals surface area contributed by atoms with Crippen molar-refractivity contribution in [2.45, 2.75) is 13.8 Å². The number of amides is 1. The normalized spacial score (nSPS) is 10.7. The maximum absolute atomic E-state index is 13.4. The second-order valence-electron chi connectivity index (χ2n) is 3.57. The van der Waals surface area contributed by atoms with Gasteiger partial charge in [-0.2, -0.15) is 0 Å². The highest BCUT2D eigenvalue weighted by Crippen LogP contribution is 2.17. The minimum atomic E-state index is -0.359. The van der Waals surface area contributed by atoms with Crippen molar-refractivity contribution in [2.24, 2.45) is 0 Å². The number of nitrogens with two attached hydrogens (primary N) is 1. The lowest BCUT2D eigenvalue weighted by Crippen LogP contribution is -2.19. The van der Waals surface area contributed by atoms with Gasteiger partial charge in [0, 0.05) is 24.7 Å². The average Bonchev–Trinajstić information content (AvgIpc) is 2.19. The van der Waals surface area contributed by atoms with E-state index in [1.165, 1.54) is 13.0 Å². The van der Waals surface area contributed by atoms with Crippen LogP contribution in [0.5, 0.6) is 0 Å². The smallest absolute Gasteiger partial charge is 0.217 e. The van der Waals surface area contributed by atoms with Crippen LogP contribution in [0, 0.1) is 12.7 Å². The summed E-state index contributed by atoms with van der Waals surface area (Å²) in [7, 11) is 0. The average molecular weight is 222 g/mol. The van der Waals surface area contributed by atoms with E-state index in [4.69, 9.17) is 5.73 Å². The van der Waals surface area contributed by atoms with Gasteiger partial charge in [-0.05, 0) is 24.6 Å². The summed E-state index contributed by atoms with van der Waals surface area (Å²) in [6.45, 7) is 3.64. The Morgan fingerprint density at radius 1 is 1.56 bits per heavy atom. The first-order valence-corrected chi connectivity index (χ1v) is 4.97. The molecule has 0 aliphatic heterocycles. The molecule has 0 atom stereocenters. The lowest BCUT2D eigenvalue weighted by molar-refractivity contribution is -0.118. The van der Waals surface area contributed by atoms with E-state index in [2.05, 4.69) is 5.32 Å². The number of carbonyl (C=O) groups is 1. The van der Waals surface area contributed by atoms with Gasteiger partial charge < -0.3 is 11.1 Å². The zero-order valence-corrected chi connectivity index (χ0v) is 9.38. The van der Waals surface area contributed by atoms with E-state index >= 15 is 0 Å². The van der Waals surface area contributed by atoms with Crippen molar-refractivity contribution in [3.63, 3.8) is 0 Å². The van der Waals surface area contributed by atoms with E-state index < -0.39 is 0 Å². The third kappa shape index (κ3) is 3.38. The van der Waals surface area contributed by atoms with Crippen LogP contribution in [-0.2, 0) is 4.79 Å². The Kier molecular flexibility index (Phi) is 4.05. The SMILES string of the molecule is CC(=O)NCC=Cc1cc(C)c(N)cc1F. The molecule has 0 spiro atoms. The number of nitrogen functional groups attached to an aromatic ring is 1. The second kappa shape index (κ2) is 5.30. The lowest BCUT2D eigenvalue weighted by atomic mass is 10.1. The van der Waals surface area contributed by atoms with E-state index in [9.17, 15) is 9.18 Å². The molecule has 0 fully saturated rings. The number of benzene rings is 1. The van der Waals surface area contributed by atoms with Crippen molar-refractivity contribution < 1.29 is 9.18 Å². The number of aryl methyl sites for hydroxylation is 1. The van der Waals surface area contributed by atoms with Crippen LogP contribution in [0.25, 0.3) is 6.08 Å². The molecule has 0 saturated heterocycles. The Labute approximate surface area is 94.1 Å². The summed E-state index contributed by atoms with van der Waals surface area (Å²) in [5, 5.41) is 2.59. The molecule has 3 N–H and O–H groups in total. The molecular weight excluding hydrogens is 207 g/mol. The van der Waals surface area contributed by atoms with Crippen LogP contribution in [0.4, 0.5) is 10.1 Å². The highest BCUT2D eigenvalue weighted by molar-refractivity contribution is 5.73. The molecule has 0 aromatic heterocycles. The van der Waals surface area contributed by atoms with Gasteiger partial charge in [-0.3, -0.25) is 4.79 Å². The van der Waals surface area contributed by atoms with Crippen molar-refractivity contribution >= 4 is 17.7 Å². The van der Waals surface area contributed by atoms with Crippen LogP contribution in [-0.4, -0.2) is 12.5 Å². The van der Waals surface area contributed by atoms with Crippen molar-refractivity contribution in [3.8, 4) is 0 Å². The number of anilines is 1. The molecule has 0 radical (unpaired) electrons. The molecule has 1 aromatic rings. The number of hydrogen-bond acceptors (Lipinski definition) is 2. The molecule has 0 aliphatic rings. The molecule has 0 heterocycles. The van der Waals surface area contributed by atoms with Crippen LogP contribution in [0.1, 0.15) is 18.1 Å². The number of carbonyl (C=O) groups excluding carboxylic acids is 1. The summed E-state index contributed by atoms with van der Waals surface area (Å²) in [5.41, 5.74) is 7.31. The van der Waals surface area contributed by atoms with Crippen LogP contribution < -0.4 is 11.1 Å². The Balaban J connectivity index is 2.73. The Morgan fingerprint density at radius 2 is 2.25 bits per heavy atom. The summed E-state index contributed by atoms with van der Waals surface area (Å²) in [6, 6.07) is 2.97. The number of hydrogen-bond donors (Lipinski definition) is 2. The van der Waals surface area contributed by atoms with Crippen molar-refractivity contribution in [1.82, 2.24) is 5.32 Å². The minimum Gasteiger partial charge on any atom is -0.398 e. The number of nitrogens with one attached hydrogen (secondary N) is 1. The van der Waals surface area contributed by atoms with Gasteiger partial charge >= 0.3 is 0 Å². The zero-order valence-electron chi connectivity index (χ0n) is 9.38. The largest absolute Gasteiger partial charge is 0.398 e. The molecule has 0 aliphatic carbocycles. The first-order chi connectivity index (χ1) is 7.50. The highest BCUT2D eigenvalue weighted by atomic mass is 19.1. The van der Waals surface area contributed by atoms with Gasteiger partial charge in [0.25, 0.3) is 0 Å². The van der Waals surface area contributed by atoms with E-state index in [0.717, 1.165) is 5.56 Å². The third-order valence-corrected chi connectivity index (χ3v) is 2.15. The van der Waals surface area contributed by atoms with E-state index in [1.54, 1.807) is 18.2 Å². The van der Waals surface area contributed by atoms with Gasteiger partial charge in [0.2, 0.25) is 5.91 Å². The second-order valence-corrected chi connectivity index (χ2v) is 3.57. The van der Waals surface area contributed by atoms with Gasteiger partial charge in [0.05, 0.1) is 0 Å². The first-order valence-electron chi connectivity index (χ1n) is 4.97. The van der Waals surface area contributed by atoms with Crippen LogP contribution >= 0.6 is 0 Å². The van der Waals surface area contributed by atoms with E-state index in [-0.39, 0.29) is 11.7 Å². The lowest BCUT2D eigenvalue weighted by Gasteiger charge is -2.03. The quantitative estimate of drug-likeness (QED) is 0.767. The molecule has 4 heteroatoms. The molecule has 3 nitrogen and oxygen atoms in total. The molecule has 0 unspecified atom stereocenters. The molecule has 0 bridgehead atoms. The van der Waals surface area contributed by atoms with Gasteiger partial charge in [-0.1, -0.05) is 12.2 Å². The van der Waals surface area contributed by atoms with E-state index in [1.807, 2.05) is 6.92 Å². The number of rotatable bonds is 3. The maximum Gasteiger partial charge on any atom is 0.217 e. The van der Waals surface area contributed by atoms with Gasteiger partial charge in [-0.25, -0.2) is 4.39 Å². The minimum absolute atomic E-state index is 0.112. The summed E-state index contributed by atoms with van der Waals surface area (Å²) in [6.07, 6.45) is 3.31. The van der Waals surface area contributed by atoms with Gasteiger partial charge in [-0.15, -0.1) is 0 Å². The molecular formula is C12H15FN2O. The maximum atomic E-state index is 13.4. The summed E-state index contributed by atoms with van der Waals surface area (Å²) >= 11 is 0. The number of halogens is 1. The first kappa shape index (κ1) is 12.2. The topological polar surface area (TPSA) is 55.1 Å². The Morgan fingerprint density at radius 3 is 2.88 bits per heavy atom. The predicted octanol–water partition coefficient (Wildman–Crippen LogP) is 1.87. The third-order valence-electron chi connectivity index (χ3n) is 2.15. The summed E-state index contributed by atoms with van der Waals surface area (Å²) < 4.78 is 13.4. The fraction of sp³-hybridized carbons (Fsp3) is 0.250. The molecule has 1 amide bonds. The molecule has 1 aromatic carbocycles. The van der Waals surface area contributed by atoms with Crippen molar-refractivity contribution in [2.75, 3.05) is 12.3 Å². The fourth-order valence-corrected chi connectivity index (χ4v) is 1.24. The van der Waals surface area contributed by atoms with Gasteiger partial charge in [0.15, 0.2) is 0 Å². The predicted molar refractivity (Wildman–Crippen MR) is 63.3 cm³/mol. The van der Waals surface area contributed by atoms with Crippen molar-refractivity contribution in [3.05, 3.63) is 35.2 Å². The molecule has 1 rings (SSSR count). The van der Waals surface area contributed by atoms with Crippen LogP contribution in [0.3, 0.4) is 0 Å². The van der Waals surface area contributed by atoms with E-state index in [0.29, 0.717) is 17.8 Å². The standard InChI is InChI=1S/C12H15FN2O/c1-8-6-10(11(13)7-12(8)14)4-3-5-15-9(2)16/h3-4,6-7H,5,14H2,1-2H3,(H,15,16). The molecule has 86 valence electrons. The Bertz CT molecular complexity index is 427.